The molecule has 22 heavy (non-hydrogen) atoms. The quantitative estimate of drug-likeness (QED) is 0.621. The highest BCUT2D eigenvalue weighted by Crippen LogP contribution is 2.34. The molecule has 5 nitrogen and oxygen atoms in total. The van der Waals surface area contributed by atoms with Crippen LogP contribution in [0.3, 0.4) is 0 Å². The number of hydrogen-bond donors (Lipinski definition) is 2. The van der Waals surface area contributed by atoms with E-state index in [0.717, 1.165) is 23.5 Å². The molecule has 116 valence electrons. The van der Waals surface area contributed by atoms with E-state index in [1.807, 2.05) is 0 Å². The summed E-state index contributed by atoms with van der Waals surface area (Å²) >= 11 is 4.96. The lowest BCUT2D eigenvalue weighted by Gasteiger charge is -2.06. The van der Waals surface area contributed by atoms with Crippen LogP contribution in [0.2, 0.25) is 0 Å². The maximum Gasteiger partial charge on any atom is 0.203 e. The molecule has 7 heteroatoms. The van der Waals surface area contributed by atoms with Crippen LogP contribution in [-0.4, -0.2) is 23.4 Å². The summed E-state index contributed by atoms with van der Waals surface area (Å²) in [4.78, 5) is 5.94. The number of halogens is 1. The third-order valence-electron chi connectivity index (χ3n) is 3.49. The number of phenolic OH excluding ortho intramolecular Hbond substituents is 1. The van der Waals surface area contributed by atoms with Crippen LogP contribution in [0.4, 0.5) is 5.13 Å². The first-order valence-corrected chi connectivity index (χ1v) is 8.62. The van der Waals surface area contributed by atoms with E-state index >= 15 is 0 Å². The Hall–Kier alpha value is -1.60. The van der Waals surface area contributed by atoms with E-state index < -0.39 is 0 Å². The van der Waals surface area contributed by atoms with E-state index in [1.54, 1.807) is 29.7 Å². The van der Waals surface area contributed by atoms with Crippen molar-refractivity contribution in [2.24, 2.45) is 5.10 Å². The molecule has 1 aromatic carbocycles. The van der Waals surface area contributed by atoms with Crippen molar-refractivity contribution in [2.75, 3.05) is 12.5 Å². The van der Waals surface area contributed by atoms with E-state index in [-0.39, 0.29) is 5.75 Å². The Kier molecular flexibility index (Phi) is 4.63. The van der Waals surface area contributed by atoms with Crippen molar-refractivity contribution < 1.29 is 9.84 Å². The zero-order valence-corrected chi connectivity index (χ0v) is 14.5. The van der Waals surface area contributed by atoms with Gasteiger partial charge in [0.1, 0.15) is 0 Å². The molecule has 1 aliphatic rings. The predicted octanol–water partition coefficient (Wildman–Crippen LogP) is 3.94. The van der Waals surface area contributed by atoms with E-state index in [1.165, 1.54) is 30.5 Å². The van der Waals surface area contributed by atoms with E-state index in [0.29, 0.717) is 10.2 Å². The minimum atomic E-state index is 0.0835. The third kappa shape index (κ3) is 3.25. The van der Waals surface area contributed by atoms with Crippen molar-refractivity contribution in [1.29, 1.82) is 0 Å². The highest BCUT2D eigenvalue weighted by Gasteiger charge is 2.14. The summed E-state index contributed by atoms with van der Waals surface area (Å²) < 4.78 is 5.68. The molecule has 1 heterocycles. The van der Waals surface area contributed by atoms with Crippen molar-refractivity contribution in [2.45, 2.75) is 25.7 Å². The Labute approximate surface area is 141 Å². The lowest BCUT2D eigenvalue weighted by atomic mass is 10.0. The molecule has 0 spiro atoms. The number of nitrogens with one attached hydrogen (secondary N) is 1. The Morgan fingerprint density at radius 3 is 3.00 bits per heavy atom. The van der Waals surface area contributed by atoms with Crippen LogP contribution < -0.4 is 10.2 Å². The predicted molar refractivity (Wildman–Crippen MR) is 92.3 cm³/mol. The van der Waals surface area contributed by atoms with Crippen LogP contribution in [0.1, 0.15) is 29.0 Å². The molecule has 0 fully saturated rings. The number of rotatable bonds is 4. The van der Waals surface area contributed by atoms with Gasteiger partial charge in [0.25, 0.3) is 0 Å². The average molecular weight is 382 g/mol. The number of hydrogen-bond acceptors (Lipinski definition) is 6. The smallest absolute Gasteiger partial charge is 0.203 e. The zero-order chi connectivity index (χ0) is 15.5. The summed E-state index contributed by atoms with van der Waals surface area (Å²) in [6, 6.07) is 3.49. The second-order valence-corrected chi connectivity index (χ2v) is 6.96. The van der Waals surface area contributed by atoms with Gasteiger partial charge in [0.15, 0.2) is 11.5 Å². The highest BCUT2D eigenvalue weighted by molar-refractivity contribution is 9.10. The summed E-state index contributed by atoms with van der Waals surface area (Å²) in [5.41, 5.74) is 5.01. The number of aryl methyl sites for hydroxylation is 2. The lowest BCUT2D eigenvalue weighted by Crippen LogP contribution is -1.99. The largest absolute Gasteiger partial charge is 0.503 e. The number of benzene rings is 1. The molecule has 0 saturated heterocycles. The van der Waals surface area contributed by atoms with Gasteiger partial charge in [-0.25, -0.2) is 4.98 Å². The van der Waals surface area contributed by atoms with Gasteiger partial charge < -0.3 is 9.84 Å². The van der Waals surface area contributed by atoms with Crippen LogP contribution >= 0.6 is 27.3 Å². The normalized spacial score (nSPS) is 14.1. The number of aromatic hydroxyl groups is 1. The molecular weight excluding hydrogens is 366 g/mol. The van der Waals surface area contributed by atoms with Crippen LogP contribution in [0.15, 0.2) is 21.7 Å². The number of ether oxygens (including phenoxy) is 1. The van der Waals surface area contributed by atoms with Gasteiger partial charge in [-0.3, -0.25) is 5.43 Å². The van der Waals surface area contributed by atoms with Crippen LogP contribution in [0.5, 0.6) is 11.5 Å². The molecule has 0 unspecified atom stereocenters. The molecule has 0 saturated carbocycles. The molecule has 3 rings (SSSR count). The first kappa shape index (κ1) is 15.3. The third-order valence-corrected chi connectivity index (χ3v) is 5.16. The summed E-state index contributed by atoms with van der Waals surface area (Å²) in [5.74, 6) is 0.487. The van der Waals surface area contributed by atoms with Crippen LogP contribution in [0.25, 0.3) is 0 Å². The number of methoxy groups -OCH3 is 1. The average Bonchev–Trinajstić information content (AvgIpc) is 2.93. The number of thiazole rings is 1. The minimum absolute atomic E-state index is 0.0835. The Bertz CT molecular complexity index is 692. The first-order valence-electron chi connectivity index (χ1n) is 7.01. The summed E-state index contributed by atoms with van der Waals surface area (Å²) in [7, 11) is 1.51. The van der Waals surface area contributed by atoms with Crippen molar-refractivity contribution in [3.8, 4) is 11.5 Å². The topological polar surface area (TPSA) is 66.7 Å². The number of aromatic nitrogens is 1. The van der Waals surface area contributed by atoms with Crippen molar-refractivity contribution >= 4 is 38.6 Å². The summed E-state index contributed by atoms with van der Waals surface area (Å²) in [5, 5.41) is 14.8. The fourth-order valence-corrected chi connectivity index (χ4v) is 3.84. The Morgan fingerprint density at radius 1 is 1.41 bits per heavy atom. The van der Waals surface area contributed by atoms with E-state index in [4.69, 9.17) is 4.74 Å². The number of anilines is 1. The molecule has 1 aromatic heterocycles. The molecule has 0 bridgehead atoms. The maximum atomic E-state index is 9.78. The SMILES string of the molecule is COc1cc(/C=N\Nc2nc3c(s2)CCCC3)cc(Br)c1O. The monoisotopic (exact) mass is 381 g/mol. The van der Waals surface area contributed by atoms with Gasteiger partial charge in [-0.2, -0.15) is 5.10 Å². The van der Waals surface area contributed by atoms with Gasteiger partial charge in [-0.15, -0.1) is 11.3 Å². The number of phenols is 1. The standard InChI is InChI=1S/C15H16BrN3O2S/c1-21-12-7-9(6-10(16)14(12)20)8-17-19-15-18-11-4-2-3-5-13(11)22-15/h6-8,20H,2-5H2,1H3,(H,18,19)/b17-8-. The second-order valence-electron chi connectivity index (χ2n) is 5.02. The molecule has 0 atom stereocenters. The number of nitrogens with zero attached hydrogens (tertiary/aromatic N) is 2. The van der Waals surface area contributed by atoms with Crippen LogP contribution in [-0.2, 0) is 12.8 Å². The molecule has 1 aliphatic carbocycles. The number of fused-ring (bicyclic) bond motifs is 1. The Morgan fingerprint density at radius 2 is 2.23 bits per heavy atom. The van der Waals surface area contributed by atoms with Gasteiger partial charge in [0.05, 0.1) is 23.5 Å². The molecule has 2 aromatic rings. The fourth-order valence-electron chi connectivity index (χ4n) is 2.39. The molecule has 0 amide bonds. The van der Waals surface area contributed by atoms with Gasteiger partial charge >= 0.3 is 0 Å². The highest BCUT2D eigenvalue weighted by atomic mass is 79.9. The maximum absolute atomic E-state index is 9.78. The Balaban J connectivity index is 1.72. The summed E-state index contributed by atoms with van der Waals surface area (Å²) in [6.07, 6.45) is 6.34. The van der Waals surface area contributed by atoms with Gasteiger partial charge in [-0.05, 0) is 59.3 Å². The number of hydrazone groups is 1. The minimum Gasteiger partial charge on any atom is -0.503 e. The van der Waals surface area contributed by atoms with E-state index in [9.17, 15) is 5.11 Å². The van der Waals surface area contributed by atoms with Crippen molar-refractivity contribution in [1.82, 2.24) is 4.98 Å². The first-order chi connectivity index (χ1) is 10.7. The van der Waals surface area contributed by atoms with Gasteiger partial charge in [0.2, 0.25) is 5.13 Å². The van der Waals surface area contributed by atoms with E-state index in [2.05, 4.69) is 31.4 Å². The van der Waals surface area contributed by atoms with Crippen molar-refractivity contribution in [3.05, 3.63) is 32.7 Å². The second kappa shape index (κ2) is 6.66. The zero-order valence-electron chi connectivity index (χ0n) is 12.1. The lowest BCUT2D eigenvalue weighted by molar-refractivity contribution is 0.372. The molecular formula is C15H16BrN3O2S. The van der Waals surface area contributed by atoms with Crippen LogP contribution in [0, 0.1) is 0 Å². The molecule has 0 radical (unpaired) electrons. The molecule has 2 N–H and O–H groups in total. The fraction of sp³-hybridized carbons (Fsp3) is 0.333. The molecule has 0 aliphatic heterocycles. The van der Waals surface area contributed by atoms with Crippen molar-refractivity contribution in [3.63, 3.8) is 0 Å². The van der Waals surface area contributed by atoms with Gasteiger partial charge in [-0.1, -0.05) is 0 Å². The van der Waals surface area contributed by atoms with Gasteiger partial charge in [0, 0.05) is 4.88 Å². The summed E-state index contributed by atoms with van der Waals surface area (Å²) in [6.45, 7) is 0.